The van der Waals surface area contributed by atoms with Crippen molar-refractivity contribution in [3.8, 4) is 5.75 Å². The summed E-state index contributed by atoms with van der Waals surface area (Å²) in [7, 11) is 0. The molecule has 9 heteroatoms. The van der Waals surface area contributed by atoms with Crippen LogP contribution < -0.4 is 15.4 Å². The molecule has 0 spiro atoms. The van der Waals surface area contributed by atoms with Crippen LogP contribution in [0.1, 0.15) is 39.9 Å². The molecule has 3 heterocycles. The van der Waals surface area contributed by atoms with Crippen LogP contribution in [0, 0.1) is 5.82 Å². The van der Waals surface area contributed by atoms with Gasteiger partial charge in [0, 0.05) is 36.7 Å². The summed E-state index contributed by atoms with van der Waals surface area (Å²) in [5.74, 6) is -1.32. The molecular formula is C24H20FN3O5. The Kier molecular flexibility index (Phi) is 5.16. The normalized spacial score (nSPS) is 19.3. The highest BCUT2D eigenvalue weighted by Gasteiger charge is 2.39. The maximum absolute atomic E-state index is 13.3. The Hall–Kier alpha value is -4.01. The molecule has 2 aromatic carbocycles. The molecule has 1 unspecified atom stereocenters. The highest BCUT2D eigenvalue weighted by molar-refractivity contribution is 6.05. The summed E-state index contributed by atoms with van der Waals surface area (Å²) in [6, 6.07) is 8.77. The van der Waals surface area contributed by atoms with Gasteiger partial charge in [-0.25, -0.2) is 4.39 Å². The first-order valence-electron chi connectivity index (χ1n) is 10.6. The number of nitrogens with one attached hydrogen (secondary N) is 2. The van der Waals surface area contributed by atoms with Crippen molar-refractivity contribution >= 4 is 29.7 Å². The molecule has 0 saturated carbocycles. The third kappa shape index (κ3) is 3.97. The lowest BCUT2D eigenvalue weighted by atomic mass is 10.0. The Morgan fingerprint density at radius 2 is 2.03 bits per heavy atom. The van der Waals surface area contributed by atoms with Crippen LogP contribution >= 0.6 is 0 Å². The lowest BCUT2D eigenvalue weighted by molar-refractivity contribution is -0.137. The molecule has 4 amide bonds. The van der Waals surface area contributed by atoms with E-state index < -0.39 is 17.8 Å². The summed E-state index contributed by atoms with van der Waals surface area (Å²) >= 11 is 0. The van der Waals surface area contributed by atoms with E-state index in [-0.39, 0.29) is 43.8 Å². The van der Waals surface area contributed by atoms with Gasteiger partial charge >= 0.3 is 0 Å². The number of ether oxygens (including phenoxy) is 1. The van der Waals surface area contributed by atoms with E-state index >= 15 is 0 Å². The number of halogens is 1. The molecular weight excluding hydrogens is 429 g/mol. The van der Waals surface area contributed by atoms with Crippen molar-refractivity contribution in [1.82, 2.24) is 15.5 Å². The van der Waals surface area contributed by atoms with Gasteiger partial charge in [-0.2, -0.15) is 0 Å². The minimum Gasteiger partial charge on any atom is -0.488 e. The zero-order valence-corrected chi connectivity index (χ0v) is 17.5. The second kappa shape index (κ2) is 8.16. The van der Waals surface area contributed by atoms with Gasteiger partial charge in [0.1, 0.15) is 24.2 Å². The highest BCUT2D eigenvalue weighted by atomic mass is 19.1. The number of hydrogen-bond acceptors (Lipinski definition) is 5. The molecule has 2 aromatic rings. The number of rotatable bonds is 4. The van der Waals surface area contributed by atoms with Crippen LogP contribution in [-0.4, -0.2) is 41.2 Å². The number of amides is 4. The Morgan fingerprint density at radius 1 is 1.18 bits per heavy atom. The molecule has 3 aliphatic heterocycles. The van der Waals surface area contributed by atoms with Gasteiger partial charge in [0.2, 0.25) is 11.8 Å². The van der Waals surface area contributed by atoms with Crippen LogP contribution in [-0.2, 0) is 27.5 Å². The first kappa shape index (κ1) is 20.9. The van der Waals surface area contributed by atoms with Crippen LogP contribution in [0.15, 0.2) is 42.0 Å². The zero-order chi connectivity index (χ0) is 23.1. The molecule has 2 N–H and O–H groups in total. The van der Waals surface area contributed by atoms with Crippen molar-refractivity contribution in [2.24, 2.45) is 0 Å². The molecule has 3 aliphatic rings. The van der Waals surface area contributed by atoms with E-state index in [9.17, 15) is 23.6 Å². The first-order valence-corrected chi connectivity index (χ1v) is 10.6. The molecule has 0 aromatic heterocycles. The summed E-state index contributed by atoms with van der Waals surface area (Å²) in [5, 5.41) is 5.12. The fourth-order valence-corrected chi connectivity index (χ4v) is 4.30. The highest BCUT2D eigenvalue weighted by Crippen LogP contribution is 2.29. The predicted octanol–water partition coefficient (Wildman–Crippen LogP) is 1.68. The average Bonchev–Trinajstić information content (AvgIpc) is 3.12. The van der Waals surface area contributed by atoms with Crippen molar-refractivity contribution in [3.05, 3.63) is 70.0 Å². The van der Waals surface area contributed by atoms with Crippen LogP contribution in [0.4, 0.5) is 4.39 Å². The van der Waals surface area contributed by atoms with Crippen LogP contribution in [0.5, 0.6) is 5.75 Å². The number of imide groups is 1. The first-order chi connectivity index (χ1) is 15.9. The van der Waals surface area contributed by atoms with Crippen molar-refractivity contribution in [3.63, 3.8) is 0 Å². The third-order valence-electron chi connectivity index (χ3n) is 6.02. The maximum atomic E-state index is 13.3. The number of nitrogens with zero attached hydrogens (tertiary/aromatic N) is 1. The summed E-state index contributed by atoms with van der Waals surface area (Å²) in [5.41, 5.74) is 3.15. The molecule has 33 heavy (non-hydrogen) atoms. The fraction of sp³-hybridized carbons (Fsp3) is 0.250. The second-order valence-corrected chi connectivity index (χ2v) is 8.21. The van der Waals surface area contributed by atoms with E-state index in [1.807, 2.05) is 6.07 Å². The van der Waals surface area contributed by atoms with Gasteiger partial charge in [0.05, 0.1) is 5.57 Å². The lowest BCUT2D eigenvalue weighted by Gasteiger charge is -2.29. The standard InChI is InChI=1S/C24H20FN3O5/c25-17-3-2-14-8-16(12-33-20(14)9-17)22(30)26-10-13-1-4-18-15(7-13)11-28(24(18)32)19-5-6-21(29)27-23(19)31/h1-4,7-9,19H,5-6,10-12H2,(H,26,30)(H,27,29,31). The summed E-state index contributed by atoms with van der Waals surface area (Å²) in [6.45, 7) is 0.558. The quantitative estimate of drug-likeness (QED) is 0.692. The molecule has 0 bridgehead atoms. The smallest absolute Gasteiger partial charge is 0.255 e. The van der Waals surface area contributed by atoms with Gasteiger partial charge in [-0.3, -0.25) is 24.5 Å². The van der Waals surface area contributed by atoms with Gasteiger partial charge in [-0.05, 0) is 41.8 Å². The number of piperidine rings is 1. The van der Waals surface area contributed by atoms with Gasteiger partial charge in [0.25, 0.3) is 11.8 Å². The van der Waals surface area contributed by atoms with Crippen molar-refractivity contribution in [2.75, 3.05) is 6.61 Å². The number of carbonyl (C=O) groups is 4. The topological polar surface area (TPSA) is 105 Å². The van der Waals surface area contributed by atoms with E-state index in [1.54, 1.807) is 24.3 Å². The molecule has 1 fully saturated rings. The van der Waals surface area contributed by atoms with E-state index in [2.05, 4.69) is 10.6 Å². The molecule has 0 aliphatic carbocycles. The van der Waals surface area contributed by atoms with Gasteiger partial charge in [0.15, 0.2) is 0 Å². The van der Waals surface area contributed by atoms with E-state index in [1.165, 1.54) is 17.0 Å². The average molecular weight is 449 g/mol. The monoisotopic (exact) mass is 449 g/mol. The summed E-state index contributed by atoms with van der Waals surface area (Å²) in [6.07, 6.45) is 2.18. The van der Waals surface area contributed by atoms with Crippen molar-refractivity contribution in [1.29, 1.82) is 0 Å². The van der Waals surface area contributed by atoms with Gasteiger partial charge in [-0.15, -0.1) is 0 Å². The van der Waals surface area contributed by atoms with E-state index in [0.29, 0.717) is 28.9 Å². The van der Waals surface area contributed by atoms with Crippen molar-refractivity contribution in [2.45, 2.75) is 32.0 Å². The Labute approximate surface area is 188 Å². The van der Waals surface area contributed by atoms with Crippen LogP contribution in [0.3, 0.4) is 0 Å². The van der Waals surface area contributed by atoms with Gasteiger partial charge in [-0.1, -0.05) is 12.1 Å². The number of carbonyl (C=O) groups excluding carboxylic acids is 4. The number of benzene rings is 2. The molecule has 8 nitrogen and oxygen atoms in total. The molecule has 168 valence electrons. The molecule has 1 atom stereocenters. The Balaban J connectivity index is 1.25. The van der Waals surface area contributed by atoms with Gasteiger partial charge < -0.3 is 15.0 Å². The second-order valence-electron chi connectivity index (χ2n) is 8.21. The van der Waals surface area contributed by atoms with E-state index in [4.69, 9.17) is 4.74 Å². The molecule has 5 rings (SSSR count). The minimum absolute atomic E-state index is 0.0435. The Bertz CT molecular complexity index is 1240. The lowest BCUT2D eigenvalue weighted by Crippen LogP contribution is -2.52. The minimum atomic E-state index is -0.666. The molecule has 1 saturated heterocycles. The van der Waals surface area contributed by atoms with E-state index in [0.717, 1.165) is 11.1 Å². The fourth-order valence-electron chi connectivity index (χ4n) is 4.30. The SMILES string of the molecule is O=C1CCC(N2Cc3cc(CNC(=O)C4=Cc5ccc(F)cc5OC4)ccc3C2=O)C(=O)N1. The Morgan fingerprint density at radius 3 is 2.85 bits per heavy atom. The van der Waals surface area contributed by atoms with Crippen LogP contribution in [0.25, 0.3) is 6.08 Å². The number of fused-ring (bicyclic) bond motifs is 2. The summed E-state index contributed by atoms with van der Waals surface area (Å²) < 4.78 is 18.8. The summed E-state index contributed by atoms with van der Waals surface area (Å²) in [4.78, 5) is 50.4. The largest absolute Gasteiger partial charge is 0.488 e. The third-order valence-corrected chi connectivity index (χ3v) is 6.02. The predicted molar refractivity (Wildman–Crippen MR) is 114 cm³/mol. The van der Waals surface area contributed by atoms with Crippen LogP contribution in [0.2, 0.25) is 0 Å². The zero-order valence-electron chi connectivity index (χ0n) is 17.5. The molecule has 0 radical (unpaired) electrons. The van der Waals surface area contributed by atoms with Crippen molar-refractivity contribution < 1.29 is 28.3 Å². The number of hydrogen-bond donors (Lipinski definition) is 2. The maximum Gasteiger partial charge on any atom is 0.255 e.